The summed E-state index contributed by atoms with van der Waals surface area (Å²) in [5.41, 5.74) is 1.56. The van der Waals surface area contributed by atoms with Crippen LogP contribution in [0.4, 0.5) is 10.1 Å². The molecule has 0 bridgehead atoms. The van der Waals surface area contributed by atoms with Crippen molar-refractivity contribution >= 4 is 5.69 Å². The molecule has 0 heterocycles. The number of aryl methyl sites for hydroxylation is 1. The molecule has 1 unspecified atom stereocenters. The van der Waals surface area contributed by atoms with Gasteiger partial charge in [-0.25, -0.2) is 4.39 Å². The highest BCUT2D eigenvalue weighted by atomic mass is 19.1. The first kappa shape index (κ1) is 11.8. The first-order valence-corrected chi connectivity index (χ1v) is 5.27. The lowest BCUT2D eigenvalue weighted by molar-refractivity contribution is 0.621. The van der Waals surface area contributed by atoms with Gasteiger partial charge in [0.15, 0.2) is 0 Å². The average molecular weight is 207 g/mol. The molecule has 1 rings (SSSR count). The Labute approximate surface area is 91.0 Å². The van der Waals surface area contributed by atoms with Crippen LogP contribution in [0.1, 0.15) is 25.3 Å². The molecule has 0 aliphatic heterocycles. The minimum absolute atomic E-state index is 0.180. The average Bonchev–Trinajstić information content (AvgIpc) is 2.21. The van der Waals surface area contributed by atoms with Gasteiger partial charge in [0.05, 0.1) is 5.69 Å². The summed E-state index contributed by atoms with van der Waals surface area (Å²) < 4.78 is 13.5. The first-order valence-electron chi connectivity index (χ1n) is 5.27. The van der Waals surface area contributed by atoms with E-state index in [0.29, 0.717) is 5.69 Å². The van der Waals surface area contributed by atoms with E-state index in [1.165, 1.54) is 6.07 Å². The fourth-order valence-electron chi connectivity index (χ4n) is 1.50. The Balaban J connectivity index is 2.67. The molecule has 1 aromatic carbocycles. The highest BCUT2D eigenvalue weighted by molar-refractivity contribution is 5.52. The number of allylic oxidation sites excluding steroid dienone is 1. The number of anilines is 1. The van der Waals surface area contributed by atoms with Crippen LogP contribution in [0.15, 0.2) is 30.9 Å². The van der Waals surface area contributed by atoms with Crippen molar-refractivity contribution in [2.24, 2.45) is 0 Å². The van der Waals surface area contributed by atoms with Crippen LogP contribution in [0.5, 0.6) is 0 Å². The molecule has 2 heteroatoms. The van der Waals surface area contributed by atoms with Gasteiger partial charge in [0, 0.05) is 6.04 Å². The number of hydrogen-bond donors (Lipinski definition) is 1. The zero-order valence-electron chi connectivity index (χ0n) is 9.39. The van der Waals surface area contributed by atoms with Gasteiger partial charge in [-0.05, 0) is 38.3 Å². The van der Waals surface area contributed by atoms with E-state index in [1.807, 2.05) is 19.1 Å². The molecule has 1 nitrogen and oxygen atoms in total. The van der Waals surface area contributed by atoms with Crippen molar-refractivity contribution in [1.29, 1.82) is 0 Å². The van der Waals surface area contributed by atoms with Gasteiger partial charge < -0.3 is 5.32 Å². The number of rotatable bonds is 5. The molecule has 0 radical (unpaired) electrons. The molecule has 1 atom stereocenters. The second kappa shape index (κ2) is 5.54. The van der Waals surface area contributed by atoms with E-state index in [4.69, 9.17) is 0 Å². The second-order valence-corrected chi connectivity index (χ2v) is 3.84. The van der Waals surface area contributed by atoms with E-state index in [-0.39, 0.29) is 11.9 Å². The summed E-state index contributed by atoms with van der Waals surface area (Å²) in [6, 6.07) is 5.38. The van der Waals surface area contributed by atoms with Crippen molar-refractivity contribution in [3.63, 3.8) is 0 Å². The predicted molar refractivity (Wildman–Crippen MR) is 63.7 cm³/mol. The van der Waals surface area contributed by atoms with Crippen LogP contribution in [0.25, 0.3) is 0 Å². The minimum atomic E-state index is -0.180. The topological polar surface area (TPSA) is 12.0 Å². The van der Waals surface area contributed by atoms with Gasteiger partial charge in [-0.3, -0.25) is 0 Å². The van der Waals surface area contributed by atoms with E-state index in [1.54, 1.807) is 6.07 Å². The number of benzene rings is 1. The normalized spacial score (nSPS) is 12.2. The molecular weight excluding hydrogens is 189 g/mol. The Kier molecular flexibility index (Phi) is 4.35. The van der Waals surface area contributed by atoms with E-state index in [2.05, 4.69) is 18.8 Å². The maximum atomic E-state index is 13.5. The number of para-hydroxylation sites is 1. The van der Waals surface area contributed by atoms with Gasteiger partial charge in [0.1, 0.15) is 5.82 Å². The van der Waals surface area contributed by atoms with Gasteiger partial charge in [0.2, 0.25) is 0 Å². The van der Waals surface area contributed by atoms with Crippen molar-refractivity contribution in [2.45, 2.75) is 32.7 Å². The van der Waals surface area contributed by atoms with Gasteiger partial charge in [-0.15, -0.1) is 6.58 Å². The molecule has 0 aliphatic rings. The molecular formula is C13H18FN. The highest BCUT2D eigenvalue weighted by Gasteiger charge is 2.07. The lowest BCUT2D eigenvalue weighted by Gasteiger charge is -2.16. The maximum Gasteiger partial charge on any atom is 0.146 e. The summed E-state index contributed by atoms with van der Waals surface area (Å²) in [5.74, 6) is -0.180. The van der Waals surface area contributed by atoms with Crippen molar-refractivity contribution in [3.8, 4) is 0 Å². The lowest BCUT2D eigenvalue weighted by Crippen LogP contribution is -2.16. The Morgan fingerprint density at radius 1 is 1.53 bits per heavy atom. The van der Waals surface area contributed by atoms with Gasteiger partial charge >= 0.3 is 0 Å². The quantitative estimate of drug-likeness (QED) is 0.722. The van der Waals surface area contributed by atoms with Crippen molar-refractivity contribution < 1.29 is 4.39 Å². The largest absolute Gasteiger partial charge is 0.380 e. The summed E-state index contributed by atoms with van der Waals surface area (Å²) in [7, 11) is 0. The molecule has 0 amide bonds. The molecule has 0 fully saturated rings. The Morgan fingerprint density at radius 3 is 2.87 bits per heavy atom. The van der Waals surface area contributed by atoms with E-state index >= 15 is 0 Å². The van der Waals surface area contributed by atoms with Crippen molar-refractivity contribution in [3.05, 3.63) is 42.2 Å². The van der Waals surface area contributed by atoms with E-state index < -0.39 is 0 Å². The molecule has 0 saturated heterocycles. The van der Waals surface area contributed by atoms with Gasteiger partial charge in [0.25, 0.3) is 0 Å². The third kappa shape index (κ3) is 3.39. The van der Waals surface area contributed by atoms with Gasteiger partial charge in [-0.1, -0.05) is 18.2 Å². The Morgan fingerprint density at radius 2 is 2.27 bits per heavy atom. The molecule has 0 saturated carbocycles. The molecule has 1 aromatic rings. The maximum absolute atomic E-state index is 13.5. The van der Waals surface area contributed by atoms with Crippen molar-refractivity contribution in [2.75, 3.05) is 5.32 Å². The van der Waals surface area contributed by atoms with Crippen LogP contribution in [0.3, 0.4) is 0 Å². The third-order valence-electron chi connectivity index (χ3n) is 2.42. The minimum Gasteiger partial charge on any atom is -0.380 e. The smallest absolute Gasteiger partial charge is 0.146 e. The molecule has 0 aromatic heterocycles. The summed E-state index contributed by atoms with van der Waals surface area (Å²) in [6.07, 6.45) is 3.80. The summed E-state index contributed by atoms with van der Waals surface area (Å²) >= 11 is 0. The Hall–Kier alpha value is -1.31. The Bertz CT molecular complexity index is 313. The fraction of sp³-hybridized carbons (Fsp3) is 0.385. The lowest BCUT2D eigenvalue weighted by atomic mass is 10.1. The number of hydrogen-bond acceptors (Lipinski definition) is 1. The second-order valence-electron chi connectivity index (χ2n) is 3.84. The van der Waals surface area contributed by atoms with Crippen LogP contribution < -0.4 is 5.32 Å². The third-order valence-corrected chi connectivity index (χ3v) is 2.42. The van der Waals surface area contributed by atoms with Crippen LogP contribution in [0.2, 0.25) is 0 Å². The first-order chi connectivity index (χ1) is 7.15. The van der Waals surface area contributed by atoms with Crippen LogP contribution in [-0.2, 0) is 0 Å². The van der Waals surface area contributed by atoms with Gasteiger partial charge in [-0.2, -0.15) is 0 Å². The number of nitrogens with one attached hydrogen (secondary N) is 1. The predicted octanol–water partition coefficient (Wildman–Crippen LogP) is 3.90. The van der Waals surface area contributed by atoms with Crippen LogP contribution in [0, 0.1) is 12.7 Å². The molecule has 0 aliphatic carbocycles. The molecule has 0 spiro atoms. The van der Waals surface area contributed by atoms with E-state index in [9.17, 15) is 4.39 Å². The van der Waals surface area contributed by atoms with Crippen LogP contribution >= 0.6 is 0 Å². The van der Waals surface area contributed by atoms with Crippen LogP contribution in [-0.4, -0.2) is 6.04 Å². The standard InChI is InChI=1S/C13H18FN/c1-4-5-8-11(3)15-13-10(2)7-6-9-12(13)14/h4,6-7,9,11,15H,1,5,8H2,2-3H3. The molecule has 15 heavy (non-hydrogen) atoms. The number of halogens is 1. The monoisotopic (exact) mass is 207 g/mol. The summed E-state index contributed by atoms with van der Waals surface area (Å²) in [4.78, 5) is 0. The molecule has 82 valence electrons. The zero-order chi connectivity index (χ0) is 11.3. The summed E-state index contributed by atoms with van der Waals surface area (Å²) in [6.45, 7) is 7.63. The molecule has 1 N–H and O–H groups in total. The fourth-order valence-corrected chi connectivity index (χ4v) is 1.50. The highest BCUT2D eigenvalue weighted by Crippen LogP contribution is 2.20. The SMILES string of the molecule is C=CCCC(C)Nc1c(C)cccc1F. The van der Waals surface area contributed by atoms with Crippen molar-refractivity contribution in [1.82, 2.24) is 0 Å². The van der Waals surface area contributed by atoms with E-state index in [0.717, 1.165) is 18.4 Å². The zero-order valence-corrected chi connectivity index (χ0v) is 9.39. The summed E-state index contributed by atoms with van der Waals surface area (Å²) in [5, 5.41) is 3.19.